The van der Waals surface area contributed by atoms with E-state index in [1.54, 1.807) is 6.07 Å². The predicted octanol–water partition coefficient (Wildman–Crippen LogP) is 8.80. The molecule has 1 aliphatic rings. The molecule has 0 aliphatic heterocycles. The first-order chi connectivity index (χ1) is 20.1. The van der Waals surface area contributed by atoms with Gasteiger partial charge in [-0.05, 0) is 90.0 Å². The van der Waals surface area contributed by atoms with Crippen LogP contribution in [0.15, 0.2) is 109 Å². The zero-order valence-electron chi connectivity index (χ0n) is 22.9. The fourth-order valence-corrected chi connectivity index (χ4v) is 6.33. The molecule has 4 nitrogen and oxygen atoms in total. The Morgan fingerprint density at radius 2 is 1.51 bits per heavy atom. The summed E-state index contributed by atoms with van der Waals surface area (Å²) in [5, 5.41) is 13.4. The third-order valence-corrected chi connectivity index (χ3v) is 8.48. The molecule has 41 heavy (non-hydrogen) atoms. The minimum absolute atomic E-state index is 0.244. The van der Waals surface area contributed by atoms with Crippen molar-refractivity contribution >= 4 is 21.8 Å². The van der Waals surface area contributed by atoms with Crippen molar-refractivity contribution in [1.82, 2.24) is 14.5 Å². The van der Waals surface area contributed by atoms with Gasteiger partial charge >= 0.3 is 0 Å². The minimum atomic E-state index is 0.244. The van der Waals surface area contributed by atoms with Gasteiger partial charge in [-0.3, -0.25) is 9.55 Å². The number of aryl methyl sites for hydroxylation is 2. The van der Waals surface area contributed by atoms with Gasteiger partial charge in [-0.2, -0.15) is 0 Å². The van der Waals surface area contributed by atoms with Crippen LogP contribution in [0.25, 0.3) is 61.3 Å². The lowest BCUT2D eigenvalue weighted by Gasteiger charge is -2.11. The summed E-state index contributed by atoms with van der Waals surface area (Å²) in [6, 6.07) is 35.5. The molecule has 0 fully saturated rings. The van der Waals surface area contributed by atoms with Crippen LogP contribution >= 0.6 is 0 Å². The van der Waals surface area contributed by atoms with Gasteiger partial charge < -0.3 is 5.11 Å². The summed E-state index contributed by atoms with van der Waals surface area (Å²) in [4.78, 5) is 9.84. The van der Waals surface area contributed by atoms with Crippen LogP contribution in [-0.4, -0.2) is 19.6 Å². The Labute approximate surface area is 238 Å². The van der Waals surface area contributed by atoms with Crippen molar-refractivity contribution in [1.29, 1.82) is 0 Å². The number of hydrogen-bond donors (Lipinski definition) is 1. The van der Waals surface area contributed by atoms with Crippen molar-refractivity contribution in [3.63, 3.8) is 0 Å². The van der Waals surface area contributed by atoms with Crippen LogP contribution in [0.3, 0.4) is 0 Å². The molecule has 0 saturated carbocycles. The van der Waals surface area contributed by atoms with E-state index in [0.29, 0.717) is 0 Å². The molecule has 3 aromatic heterocycles. The van der Waals surface area contributed by atoms with E-state index in [1.165, 1.54) is 33.4 Å². The smallest absolute Gasteiger partial charge is 0.140 e. The van der Waals surface area contributed by atoms with E-state index in [2.05, 4.69) is 96.2 Å². The van der Waals surface area contributed by atoms with E-state index in [4.69, 9.17) is 4.98 Å². The third kappa shape index (κ3) is 3.61. The average Bonchev–Trinajstić information content (AvgIpc) is 3.55. The molecule has 0 saturated heterocycles. The molecule has 1 aliphatic carbocycles. The topological polar surface area (TPSA) is 50.9 Å². The Morgan fingerprint density at radius 1 is 0.707 bits per heavy atom. The number of pyridine rings is 2. The summed E-state index contributed by atoms with van der Waals surface area (Å²) in [5.74, 6) is 1.01. The second-order valence-corrected chi connectivity index (χ2v) is 11.0. The lowest BCUT2D eigenvalue weighted by molar-refractivity contribution is 0.479. The Bertz CT molecular complexity index is 2170. The van der Waals surface area contributed by atoms with Crippen LogP contribution in [0.2, 0.25) is 0 Å². The summed E-state index contributed by atoms with van der Waals surface area (Å²) in [7, 11) is 0. The summed E-state index contributed by atoms with van der Waals surface area (Å²) in [5.41, 5.74) is 13.3. The molecule has 0 bridgehead atoms. The monoisotopic (exact) mass is 529 g/mol. The molecule has 1 N–H and O–H groups in total. The van der Waals surface area contributed by atoms with Gasteiger partial charge in [-0.1, -0.05) is 66.7 Å². The molecule has 0 unspecified atom stereocenters. The van der Waals surface area contributed by atoms with E-state index in [0.717, 1.165) is 56.6 Å². The van der Waals surface area contributed by atoms with Crippen LogP contribution in [0.4, 0.5) is 0 Å². The van der Waals surface area contributed by atoms with Gasteiger partial charge in [0.15, 0.2) is 0 Å². The van der Waals surface area contributed by atoms with Gasteiger partial charge in [0.05, 0.1) is 22.4 Å². The molecular formula is C37H27N3O. The van der Waals surface area contributed by atoms with E-state index < -0.39 is 0 Å². The molecule has 196 valence electrons. The first-order valence-corrected chi connectivity index (χ1v) is 13.9. The normalized spacial score (nSPS) is 12.1. The molecule has 0 radical (unpaired) electrons. The van der Waals surface area contributed by atoms with E-state index in [9.17, 15) is 5.11 Å². The maximum absolute atomic E-state index is 11.2. The lowest BCUT2D eigenvalue weighted by atomic mass is 9.99. The summed E-state index contributed by atoms with van der Waals surface area (Å²) in [6.45, 7) is 4.20. The number of rotatable bonds is 3. The lowest BCUT2D eigenvalue weighted by Crippen LogP contribution is -1.99. The van der Waals surface area contributed by atoms with Crippen LogP contribution in [0.1, 0.15) is 22.3 Å². The number of hydrogen-bond acceptors (Lipinski definition) is 3. The van der Waals surface area contributed by atoms with Crippen molar-refractivity contribution in [2.24, 2.45) is 0 Å². The van der Waals surface area contributed by atoms with Crippen LogP contribution in [-0.2, 0) is 6.42 Å². The van der Waals surface area contributed by atoms with Gasteiger partial charge in [-0.25, -0.2) is 4.98 Å². The highest BCUT2D eigenvalue weighted by molar-refractivity contribution is 6.18. The SMILES string of the molecule is Cc1cnc(-c2cccc(-c3cccc(-n4c5ccc6c(c5c5cccc(O)c54)-c4ccccc4C6)n3)c2)cc1C. The number of para-hydroxylation sites is 1. The number of phenols is 1. The third-order valence-electron chi connectivity index (χ3n) is 8.48. The fourth-order valence-electron chi connectivity index (χ4n) is 6.33. The number of fused-ring (bicyclic) bond motifs is 7. The van der Waals surface area contributed by atoms with Gasteiger partial charge in [0.25, 0.3) is 0 Å². The van der Waals surface area contributed by atoms with Crippen molar-refractivity contribution in [3.8, 4) is 45.2 Å². The maximum Gasteiger partial charge on any atom is 0.140 e. The van der Waals surface area contributed by atoms with Crippen LogP contribution < -0.4 is 0 Å². The largest absolute Gasteiger partial charge is 0.506 e. The van der Waals surface area contributed by atoms with Crippen molar-refractivity contribution in [2.45, 2.75) is 20.3 Å². The minimum Gasteiger partial charge on any atom is -0.506 e. The molecular weight excluding hydrogens is 502 g/mol. The Hall–Kier alpha value is -5.22. The highest BCUT2D eigenvalue weighted by atomic mass is 16.3. The van der Waals surface area contributed by atoms with Crippen LogP contribution in [0, 0.1) is 13.8 Å². The molecule has 0 atom stereocenters. The van der Waals surface area contributed by atoms with E-state index in [1.807, 2.05) is 30.5 Å². The van der Waals surface area contributed by atoms with Gasteiger partial charge in [0, 0.05) is 28.1 Å². The second-order valence-electron chi connectivity index (χ2n) is 11.0. The number of aromatic hydroxyl groups is 1. The molecule has 4 aromatic carbocycles. The highest BCUT2D eigenvalue weighted by Crippen LogP contribution is 2.47. The maximum atomic E-state index is 11.2. The first-order valence-electron chi connectivity index (χ1n) is 13.9. The zero-order chi connectivity index (χ0) is 27.7. The predicted molar refractivity (Wildman–Crippen MR) is 167 cm³/mol. The zero-order valence-corrected chi connectivity index (χ0v) is 22.9. The van der Waals surface area contributed by atoms with Gasteiger partial charge in [0.1, 0.15) is 11.6 Å². The van der Waals surface area contributed by atoms with Gasteiger partial charge in [0.2, 0.25) is 0 Å². The molecule has 0 spiro atoms. The number of phenolic OH excluding ortho intramolecular Hbond substituents is 1. The van der Waals surface area contributed by atoms with E-state index in [-0.39, 0.29) is 5.75 Å². The van der Waals surface area contributed by atoms with Crippen LogP contribution in [0.5, 0.6) is 5.75 Å². The number of benzene rings is 4. The first kappa shape index (κ1) is 23.6. The Morgan fingerprint density at radius 3 is 2.39 bits per heavy atom. The molecule has 4 heteroatoms. The highest BCUT2D eigenvalue weighted by Gasteiger charge is 2.25. The van der Waals surface area contributed by atoms with Crippen molar-refractivity contribution in [2.75, 3.05) is 0 Å². The van der Waals surface area contributed by atoms with E-state index >= 15 is 0 Å². The summed E-state index contributed by atoms with van der Waals surface area (Å²) < 4.78 is 2.11. The second kappa shape index (κ2) is 8.90. The van der Waals surface area contributed by atoms with Gasteiger partial charge in [-0.15, -0.1) is 0 Å². The standard InChI is InChI=1S/C37H27N3O/c1-22-18-31(38-21-23(22)2)26-10-5-9-25(20-26)30-13-7-15-34(39-30)40-32-17-16-27-19-24-8-3-4-11-28(24)35(27)36(32)29-12-6-14-33(41)37(29)40/h3-18,20-21,41H,19H2,1-2H3. The molecule has 8 rings (SSSR count). The summed E-state index contributed by atoms with van der Waals surface area (Å²) >= 11 is 0. The molecule has 7 aromatic rings. The van der Waals surface area contributed by atoms with Crippen molar-refractivity contribution in [3.05, 3.63) is 132 Å². The Kier molecular flexibility index (Phi) is 5.13. The number of aromatic nitrogens is 3. The molecule has 0 amide bonds. The Balaban J connectivity index is 1.34. The molecule has 3 heterocycles. The average molecular weight is 530 g/mol. The number of nitrogens with zero attached hydrogens (tertiary/aromatic N) is 3. The van der Waals surface area contributed by atoms with Crippen molar-refractivity contribution < 1.29 is 5.11 Å². The fraction of sp³-hybridized carbons (Fsp3) is 0.0811. The quantitative estimate of drug-likeness (QED) is 0.249. The summed E-state index contributed by atoms with van der Waals surface area (Å²) in [6.07, 6.45) is 2.85.